The van der Waals surface area contributed by atoms with Crippen LogP contribution in [0.4, 0.5) is 13.2 Å². The first kappa shape index (κ1) is 16.5. The standard InChI is InChI=1S/C14H23F3N2O2/c1-21-13(4-2-5-13)7-12(20)18-8-11-3-6-19(9-11)10-14(15,16)17/h11H,2-10H2,1H3,(H,18,20)/t11-/m0/s1. The van der Waals surface area contributed by atoms with Gasteiger partial charge in [-0.3, -0.25) is 9.69 Å². The molecule has 1 amide bonds. The second kappa shape index (κ2) is 6.52. The van der Waals surface area contributed by atoms with Crippen LogP contribution in [0.2, 0.25) is 0 Å². The summed E-state index contributed by atoms with van der Waals surface area (Å²) >= 11 is 0. The van der Waals surface area contributed by atoms with Gasteiger partial charge in [0.25, 0.3) is 0 Å². The second-order valence-electron chi connectivity index (χ2n) is 6.23. The number of amides is 1. The SMILES string of the molecule is COC1(CC(=O)NC[C@@H]2CCN(CC(F)(F)F)C2)CCC1. The topological polar surface area (TPSA) is 41.6 Å². The van der Waals surface area contributed by atoms with Gasteiger partial charge in [-0.25, -0.2) is 0 Å². The Morgan fingerprint density at radius 2 is 2.14 bits per heavy atom. The van der Waals surface area contributed by atoms with Crippen LogP contribution < -0.4 is 5.32 Å². The fourth-order valence-electron chi connectivity index (χ4n) is 3.11. The van der Waals surface area contributed by atoms with E-state index in [1.807, 2.05) is 0 Å². The molecule has 0 radical (unpaired) electrons. The third-order valence-corrected chi connectivity index (χ3v) is 4.54. The van der Waals surface area contributed by atoms with Crippen molar-refractivity contribution in [2.24, 2.45) is 5.92 Å². The zero-order valence-electron chi connectivity index (χ0n) is 12.3. The lowest BCUT2D eigenvalue weighted by molar-refractivity contribution is -0.144. The molecule has 0 aromatic heterocycles. The summed E-state index contributed by atoms with van der Waals surface area (Å²) in [6.07, 6.45) is -0.211. The van der Waals surface area contributed by atoms with E-state index in [9.17, 15) is 18.0 Å². The van der Waals surface area contributed by atoms with Gasteiger partial charge in [-0.15, -0.1) is 0 Å². The van der Waals surface area contributed by atoms with Gasteiger partial charge in [0.15, 0.2) is 0 Å². The molecule has 7 heteroatoms. The molecule has 2 fully saturated rings. The van der Waals surface area contributed by atoms with E-state index in [1.54, 1.807) is 7.11 Å². The molecule has 0 spiro atoms. The van der Waals surface area contributed by atoms with Gasteiger partial charge in [0.05, 0.1) is 18.6 Å². The predicted octanol–water partition coefficient (Wildman–Crippen LogP) is 1.95. The Balaban J connectivity index is 1.66. The molecule has 1 saturated heterocycles. The van der Waals surface area contributed by atoms with Crippen molar-refractivity contribution >= 4 is 5.91 Å². The number of likely N-dealkylation sites (tertiary alicyclic amines) is 1. The van der Waals surface area contributed by atoms with Crippen LogP contribution in [-0.4, -0.2) is 55.9 Å². The first-order valence-corrected chi connectivity index (χ1v) is 7.43. The first-order chi connectivity index (χ1) is 9.82. The van der Waals surface area contributed by atoms with Crippen LogP contribution in [-0.2, 0) is 9.53 Å². The summed E-state index contributed by atoms with van der Waals surface area (Å²) in [6, 6.07) is 0. The molecule has 0 bridgehead atoms. The maximum atomic E-state index is 12.3. The largest absolute Gasteiger partial charge is 0.401 e. The molecular weight excluding hydrogens is 285 g/mol. The number of nitrogens with one attached hydrogen (secondary N) is 1. The molecule has 2 rings (SSSR count). The third-order valence-electron chi connectivity index (χ3n) is 4.54. The highest BCUT2D eigenvalue weighted by molar-refractivity contribution is 5.77. The lowest BCUT2D eigenvalue weighted by Crippen LogP contribution is -2.44. The molecule has 2 aliphatic rings. The predicted molar refractivity (Wildman–Crippen MR) is 71.8 cm³/mol. The molecule has 122 valence electrons. The number of carbonyl (C=O) groups is 1. The van der Waals surface area contributed by atoms with Gasteiger partial charge < -0.3 is 10.1 Å². The monoisotopic (exact) mass is 308 g/mol. The number of carbonyl (C=O) groups excluding carboxylic acids is 1. The average molecular weight is 308 g/mol. The van der Waals surface area contributed by atoms with E-state index in [-0.39, 0.29) is 17.4 Å². The van der Waals surface area contributed by atoms with Crippen LogP contribution in [0.15, 0.2) is 0 Å². The maximum absolute atomic E-state index is 12.3. The van der Waals surface area contributed by atoms with Gasteiger partial charge in [-0.05, 0) is 38.1 Å². The van der Waals surface area contributed by atoms with Gasteiger partial charge in [-0.2, -0.15) is 13.2 Å². The zero-order chi connectivity index (χ0) is 15.5. The van der Waals surface area contributed by atoms with Crippen molar-refractivity contribution in [3.05, 3.63) is 0 Å². The first-order valence-electron chi connectivity index (χ1n) is 7.43. The summed E-state index contributed by atoms with van der Waals surface area (Å²) in [5.74, 6) is 0.0435. The van der Waals surface area contributed by atoms with Crippen LogP contribution in [0.1, 0.15) is 32.1 Å². The lowest BCUT2D eigenvalue weighted by Gasteiger charge is -2.40. The van der Waals surface area contributed by atoms with Crippen molar-refractivity contribution in [3.63, 3.8) is 0 Å². The Labute approximate surface area is 123 Å². The minimum Gasteiger partial charge on any atom is -0.378 e. The van der Waals surface area contributed by atoms with Gasteiger partial charge in [0.2, 0.25) is 5.91 Å². The molecule has 21 heavy (non-hydrogen) atoms. The normalized spacial score (nSPS) is 25.6. The fourth-order valence-corrected chi connectivity index (χ4v) is 3.11. The molecule has 1 N–H and O–H groups in total. The van der Waals surface area contributed by atoms with E-state index in [2.05, 4.69) is 5.32 Å². The smallest absolute Gasteiger partial charge is 0.378 e. The van der Waals surface area contributed by atoms with Gasteiger partial charge >= 0.3 is 6.18 Å². The Bertz CT molecular complexity index is 364. The summed E-state index contributed by atoms with van der Waals surface area (Å²) in [5, 5.41) is 2.84. The van der Waals surface area contributed by atoms with E-state index in [1.165, 1.54) is 4.90 Å². The number of halogens is 3. The van der Waals surface area contributed by atoms with Crippen LogP contribution in [0.25, 0.3) is 0 Å². The van der Waals surface area contributed by atoms with Crippen molar-refractivity contribution in [1.82, 2.24) is 10.2 Å². The van der Waals surface area contributed by atoms with Gasteiger partial charge in [0.1, 0.15) is 0 Å². The third kappa shape index (κ3) is 4.85. The van der Waals surface area contributed by atoms with Crippen LogP contribution in [0.3, 0.4) is 0 Å². The molecule has 1 heterocycles. The minimum atomic E-state index is -4.15. The van der Waals surface area contributed by atoms with E-state index in [0.717, 1.165) is 19.3 Å². The molecule has 0 aromatic rings. The summed E-state index contributed by atoms with van der Waals surface area (Å²) in [7, 11) is 1.62. The Kier molecular flexibility index (Phi) is 5.14. The van der Waals surface area contributed by atoms with Crippen molar-refractivity contribution in [3.8, 4) is 0 Å². The van der Waals surface area contributed by atoms with Gasteiger partial charge in [-0.1, -0.05) is 0 Å². The molecule has 1 aliphatic carbocycles. The Morgan fingerprint density at radius 1 is 1.43 bits per heavy atom. The molecule has 1 aliphatic heterocycles. The number of nitrogens with zero attached hydrogens (tertiary/aromatic N) is 1. The fraction of sp³-hybridized carbons (Fsp3) is 0.929. The van der Waals surface area contributed by atoms with Gasteiger partial charge in [0, 0.05) is 20.2 Å². The average Bonchev–Trinajstić information content (AvgIpc) is 2.76. The highest BCUT2D eigenvalue weighted by atomic mass is 19.4. The number of hydrogen-bond donors (Lipinski definition) is 1. The highest BCUT2D eigenvalue weighted by Crippen LogP contribution is 2.37. The van der Waals surface area contributed by atoms with Crippen LogP contribution >= 0.6 is 0 Å². The molecule has 4 nitrogen and oxygen atoms in total. The van der Waals surface area contributed by atoms with Crippen molar-refractivity contribution < 1.29 is 22.7 Å². The number of rotatable bonds is 6. The summed E-state index contributed by atoms with van der Waals surface area (Å²) in [5.41, 5.74) is -0.303. The van der Waals surface area contributed by atoms with Crippen molar-refractivity contribution in [1.29, 1.82) is 0 Å². The van der Waals surface area contributed by atoms with Crippen LogP contribution in [0, 0.1) is 5.92 Å². The maximum Gasteiger partial charge on any atom is 0.401 e. The summed E-state index contributed by atoms with van der Waals surface area (Å²) in [4.78, 5) is 13.3. The van der Waals surface area contributed by atoms with E-state index in [4.69, 9.17) is 4.74 Å². The molecule has 0 unspecified atom stereocenters. The molecule has 1 saturated carbocycles. The summed E-state index contributed by atoms with van der Waals surface area (Å²) in [6.45, 7) is 0.439. The Hall–Kier alpha value is -0.820. The summed E-state index contributed by atoms with van der Waals surface area (Å²) < 4.78 is 42.3. The van der Waals surface area contributed by atoms with Crippen molar-refractivity contribution in [2.75, 3.05) is 33.3 Å². The van der Waals surface area contributed by atoms with E-state index in [0.29, 0.717) is 32.5 Å². The zero-order valence-corrected chi connectivity index (χ0v) is 12.3. The minimum absolute atomic E-state index is 0.0641. The molecule has 1 atom stereocenters. The Morgan fingerprint density at radius 3 is 2.67 bits per heavy atom. The molecular formula is C14H23F3N2O2. The van der Waals surface area contributed by atoms with Crippen molar-refractivity contribution in [2.45, 2.75) is 43.9 Å². The number of alkyl halides is 3. The number of methoxy groups -OCH3 is 1. The quantitative estimate of drug-likeness (QED) is 0.815. The highest BCUT2D eigenvalue weighted by Gasteiger charge is 2.39. The number of ether oxygens (including phenoxy) is 1. The van der Waals surface area contributed by atoms with E-state index < -0.39 is 12.7 Å². The number of hydrogen-bond acceptors (Lipinski definition) is 3. The lowest BCUT2D eigenvalue weighted by atomic mass is 9.77. The van der Waals surface area contributed by atoms with Crippen LogP contribution in [0.5, 0.6) is 0 Å². The second-order valence-corrected chi connectivity index (χ2v) is 6.23. The molecule has 0 aromatic carbocycles. The van der Waals surface area contributed by atoms with E-state index >= 15 is 0 Å².